The third-order valence-corrected chi connectivity index (χ3v) is 3.55. The van der Waals surface area contributed by atoms with Gasteiger partial charge in [0, 0.05) is 19.3 Å². The molecule has 1 fully saturated rings. The van der Waals surface area contributed by atoms with Gasteiger partial charge >= 0.3 is 0 Å². The number of hydrogen-bond donors (Lipinski definition) is 1. The van der Waals surface area contributed by atoms with Crippen LogP contribution < -0.4 is 5.32 Å². The Labute approximate surface area is 104 Å². The Morgan fingerprint density at radius 3 is 2.94 bits per heavy atom. The van der Waals surface area contributed by atoms with Crippen molar-refractivity contribution in [3.05, 3.63) is 11.9 Å². The summed E-state index contributed by atoms with van der Waals surface area (Å²) in [5.41, 5.74) is 2.41. The van der Waals surface area contributed by atoms with Crippen molar-refractivity contribution in [2.75, 3.05) is 25.5 Å². The number of nitrogens with one attached hydrogen (secondary N) is 1. The largest absolute Gasteiger partial charge is 0.379 e. The van der Waals surface area contributed by atoms with Gasteiger partial charge in [0.1, 0.15) is 0 Å². The standard InChI is InChI=1S/C13H24N4/c1-4-12-13(10-17(3)15-12)14-11-6-5-8-16(2)9-7-11/h10-11,14H,4-9H2,1-3H3. The summed E-state index contributed by atoms with van der Waals surface area (Å²) in [4.78, 5) is 2.42. The van der Waals surface area contributed by atoms with Crippen molar-refractivity contribution in [3.63, 3.8) is 0 Å². The van der Waals surface area contributed by atoms with Crippen LogP contribution >= 0.6 is 0 Å². The molecule has 96 valence electrons. The van der Waals surface area contributed by atoms with Gasteiger partial charge in [-0.2, -0.15) is 5.10 Å². The molecule has 4 nitrogen and oxygen atoms in total. The van der Waals surface area contributed by atoms with E-state index < -0.39 is 0 Å². The third-order valence-electron chi connectivity index (χ3n) is 3.55. The van der Waals surface area contributed by atoms with Gasteiger partial charge in [0.25, 0.3) is 0 Å². The molecular formula is C13H24N4. The van der Waals surface area contributed by atoms with Gasteiger partial charge in [-0.1, -0.05) is 6.92 Å². The van der Waals surface area contributed by atoms with Crippen LogP contribution in [0.3, 0.4) is 0 Å². The molecule has 4 heteroatoms. The highest BCUT2D eigenvalue weighted by Gasteiger charge is 2.16. The smallest absolute Gasteiger partial charge is 0.0853 e. The highest BCUT2D eigenvalue weighted by molar-refractivity contribution is 5.47. The number of likely N-dealkylation sites (tertiary alicyclic amines) is 1. The van der Waals surface area contributed by atoms with Crippen LogP contribution in [0.25, 0.3) is 0 Å². The Morgan fingerprint density at radius 1 is 1.35 bits per heavy atom. The van der Waals surface area contributed by atoms with E-state index in [0.29, 0.717) is 6.04 Å². The van der Waals surface area contributed by atoms with E-state index in [1.807, 2.05) is 11.7 Å². The maximum absolute atomic E-state index is 4.48. The van der Waals surface area contributed by atoms with Crippen molar-refractivity contribution >= 4 is 5.69 Å². The van der Waals surface area contributed by atoms with Crippen LogP contribution in [0, 0.1) is 0 Å². The molecule has 1 N–H and O–H groups in total. The van der Waals surface area contributed by atoms with E-state index in [1.165, 1.54) is 43.7 Å². The fourth-order valence-electron chi connectivity index (χ4n) is 2.52. The van der Waals surface area contributed by atoms with Gasteiger partial charge in [-0.3, -0.25) is 4.68 Å². The molecule has 1 aliphatic heterocycles. The molecule has 0 aromatic carbocycles. The van der Waals surface area contributed by atoms with Crippen LogP contribution in [-0.2, 0) is 13.5 Å². The van der Waals surface area contributed by atoms with Crippen molar-refractivity contribution < 1.29 is 0 Å². The predicted octanol–water partition coefficient (Wildman–Crippen LogP) is 1.88. The molecule has 1 atom stereocenters. The number of aryl methyl sites for hydroxylation is 2. The lowest BCUT2D eigenvalue weighted by atomic mass is 10.1. The maximum atomic E-state index is 4.48. The van der Waals surface area contributed by atoms with E-state index in [-0.39, 0.29) is 0 Å². The van der Waals surface area contributed by atoms with E-state index in [9.17, 15) is 0 Å². The maximum Gasteiger partial charge on any atom is 0.0853 e. The predicted molar refractivity (Wildman–Crippen MR) is 71.3 cm³/mol. The molecule has 1 aliphatic rings. The molecule has 0 aliphatic carbocycles. The molecule has 0 amide bonds. The molecule has 1 saturated heterocycles. The Hall–Kier alpha value is -1.03. The van der Waals surface area contributed by atoms with E-state index in [1.54, 1.807) is 0 Å². The van der Waals surface area contributed by atoms with Crippen LogP contribution in [0.15, 0.2) is 6.20 Å². The second-order valence-corrected chi connectivity index (χ2v) is 5.09. The summed E-state index contributed by atoms with van der Waals surface area (Å²) in [6.07, 6.45) is 6.88. The minimum absolute atomic E-state index is 0.606. The Morgan fingerprint density at radius 2 is 2.18 bits per heavy atom. The first kappa shape index (κ1) is 12.4. The average molecular weight is 236 g/mol. The second-order valence-electron chi connectivity index (χ2n) is 5.09. The lowest BCUT2D eigenvalue weighted by Crippen LogP contribution is -2.23. The zero-order valence-corrected chi connectivity index (χ0v) is 11.2. The van der Waals surface area contributed by atoms with Crippen LogP contribution in [0.4, 0.5) is 5.69 Å². The van der Waals surface area contributed by atoms with Crippen molar-refractivity contribution in [1.29, 1.82) is 0 Å². The molecule has 0 spiro atoms. The van der Waals surface area contributed by atoms with E-state index >= 15 is 0 Å². The first-order valence-electron chi connectivity index (χ1n) is 6.66. The summed E-state index contributed by atoms with van der Waals surface area (Å²) >= 11 is 0. The van der Waals surface area contributed by atoms with Crippen molar-refractivity contribution in [1.82, 2.24) is 14.7 Å². The van der Waals surface area contributed by atoms with E-state index in [4.69, 9.17) is 0 Å². The van der Waals surface area contributed by atoms with Gasteiger partial charge in [0.2, 0.25) is 0 Å². The van der Waals surface area contributed by atoms with Crippen molar-refractivity contribution in [3.8, 4) is 0 Å². The van der Waals surface area contributed by atoms with E-state index in [0.717, 1.165) is 6.42 Å². The minimum atomic E-state index is 0.606. The molecule has 0 bridgehead atoms. The first-order chi connectivity index (χ1) is 8.19. The van der Waals surface area contributed by atoms with Gasteiger partial charge in [-0.25, -0.2) is 0 Å². The molecule has 17 heavy (non-hydrogen) atoms. The number of nitrogens with zero attached hydrogens (tertiary/aromatic N) is 3. The zero-order chi connectivity index (χ0) is 12.3. The Balaban J connectivity index is 1.99. The molecular weight excluding hydrogens is 212 g/mol. The van der Waals surface area contributed by atoms with Crippen LogP contribution in [0.2, 0.25) is 0 Å². The monoisotopic (exact) mass is 236 g/mol. The zero-order valence-electron chi connectivity index (χ0n) is 11.2. The average Bonchev–Trinajstić information content (AvgIpc) is 2.52. The van der Waals surface area contributed by atoms with Gasteiger partial charge in [0.15, 0.2) is 0 Å². The van der Waals surface area contributed by atoms with Gasteiger partial charge in [-0.15, -0.1) is 0 Å². The van der Waals surface area contributed by atoms with Crippen LogP contribution in [-0.4, -0.2) is 40.9 Å². The van der Waals surface area contributed by atoms with Gasteiger partial charge in [0.05, 0.1) is 11.4 Å². The lowest BCUT2D eigenvalue weighted by Gasteiger charge is -2.17. The normalized spacial score (nSPS) is 22.4. The Bertz CT molecular complexity index is 358. The minimum Gasteiger partial charge on any atom is -0.379 e. The topological polar surface area (TPSA) is 33.1 Å². The molecule has 2 rings (SSSR count). The number of anilines is 1. The molecule has 0 radical (unpaired) electrons. The van der Waals surface area contributed by atoms with Crippen molar-refractivity contribution in [2.45, 2.75) is 38.6 Å². The summed E-state index contributed by atoms with van der Waals surface area (Å²) in [7, 11) is 4.20. The SMILES string of the molecule is CCc1nn(C)cc1NC1CCCN(C)CC1. The number of hydrogen-bond acceptors (Lipinski definition) is 3. The summed E-state index contributed by atoms with van der Waals surface area (Å²) in [6, 6.07) is 0.606. The summed E-state index contributed by atoms with van der Waals surface area (Å²) < 4.78 is 1.91. The van der Waals surface area contributed by atoms with E-state index in [2.05, 4.69) is 35.5 Å². The van der Waals surface area contributed by atoms with Crippen LogP contribution in [0.5, 0.6) is 0 Å². The highest BCUT2D eigenvalue weighted by atomic mass is 15.3. The van der Waals surface area contributed by atoms with Crippen molar-refractivity contribution in [2.24, 2.45) is 7.05 Å². The molecule has 1 aromatic heterocycles. The first-order valence-corrected chi connectivity index (χ1v) is 6.66. The fraction of sp³-hybridized carbons (Fsp3) is 0.769. The molecule has 2 heterocycles. The molecule has 0 saturated carbocycles. The lowest BCUT2D eigenvalue weighted by molar-refractivity contribution is 0.348. The number of rotatable bonds is 3. The quantitative estimate of drug-likeness (QED) is 0.870. The van der Waals surface area contributed by atoms with Gasteiger partial charge < -0.3 is 10.2 Å². The summed E-state index contributed by atoms with van der Waals surface area (Å²) in [6.45, 7) is 4.58. The summed E-state index contributed by atoms with van der Waals surface area (Å²) in [5.74, 6) is 0. The number of aromatic nitrogens is 2. The second kappa shape index (κ2) is 5.54. The Kier molecular flexibility index (Phi) is 4.05. The fourth-order valence-corrected chi connectivity index (χ4v) is 2.52. The molecule has 1 aromatic rings. The highest BCUT2D eigenvalue weighted by Crippen LogP contribution is 2.19. The van der Waals surface area contributed by atoms with Gasteiger partial charge in [-0.05, 0) is 45.8 Å². The molecule has 1 unspecified atom stereocenters. The summed E-state index contributed by atoms with van der Waals surface area (Å²) in [5, 5.41) is 8.15. The van der Waals surface area contributed by atoms with Crippen LogP contribution in [0.1, 0.15) is 31.9 Å². The third kappa shape index (κ3) is 3.22.